The second kappa shape index (κ2) is 3.52. The van der Waals surface area contributed by atoms with Crippen molar-refractivity contribution in [3.63, 3.8) is 0 Å². The van der Waals surface area contributed by atoms with E-state index in [0.717, 1.165) is 22.4 Å². The molecule has 2 aromatic carbocycles. The van der Waals surface area contributed by atoms with Crippen LogP contribution in [0, 0.1) is 12.8 Å². The zero-order valence-electron chi connectivity index (χ0n) is 12.3. The lowest BCUT2D eigenvalue weighted by Gasteiger charge is -2.22. The van der Waals surface area contributed by atoms with Crippen molar-refractivity contribution in [1.82, 2.24) is 0 Å². The molecule has 110 valence electrons. The highest BCUT2D eigenvalue weighted by molar-refractivity contribution is 5.92. The van der Waals surface area contributed by atoms with Crippen molar-refractivity contribution in [2.75, 3.05) is 7.11 Å². The predicted octanol–water partition coefficient (Wildman–Crippen LogP) is 2.57. The van der Waals surface area contributed by atoms with Crippen molar-refractivity contribution >= 4 is 5.97 Å². The van der Waals surface area contributed by atoms with Crippen LogP contribution in [0.2, 0.25) is 0 Å². The quantitative estimate of drug-likeness (QED) is 0.599. The number of hydrogen-bond acceptors (Lipinski definition) is 4. The molecule has 1 spiro atoms. The van der Waals surface area contributed by atoms with E-state index in [1.165, 1.54) is 0 Å². The van der Waals surface area contributed by atoms with Crippen LogP contribution in [0.25, 0.3) is 0 Å². The SMILES string of the molecule is CO[C@]12Oc3ccc(C)cc3[C@]13c1ccccc1OC(=O)[C@@H]23. The Bertz CT molecular complexity index is 843. The third kappa shape index (κ3) is 1.04. The van der Waals surface area contributed by atoms with E-state index in [2.05, 4.69) is 6.07 Å². The van der Waals surface area contributed by atoms with Gasteiger partial charge in [-0.25, -0.2) is 0 Å². The van der Waals surface area contributed by atoms with Crippen LogP contribution < -0.4 is 9.47 Å². The summed E-state index contributed by atoms with van der Waals surface area (Å²) in [6.07, 6.45) is 0. The van der Waals surface area contributed by atoms with Crippen LogP contribution >= 0.6 is 0 Å². The van der Waals surface area contributed by atoms with Gasteiger partial charge in [-0.2, -0.15) is 0 Å². The Morgan fingerprint density at radius 1 is 1.09 bits per heavy atom. The monoisotopic (exact) mass is 294 g/mol. The summed E-state index contributed by atoms with van der Waals surface area (Å²) in [6, 6.07) is 13.7. The number of methoxy groups -OCH3 is 1. The first kappa shape index (κ1) is 12.2. The normalized spacial score (nSPS) is 33.0. The van der Waals surface area contributed by atoms with E-state index in [1.807, 2.05) is 43.3 Å². The summed E-state index contributed by atoms with van der Waals surface area (Å²) >= 11 is 0. The molecule has 3 aliphatic rings. The minimum atomic E-state index is -0.979. The van der Waals surface area contributed by atoms with Crippen LogP contribution in [0.15, 0.2) is 42.5 Å². The molecular weight excluding hydrogens is 280 g/mol. The minimum absolute atomic E-state index is 0.285. The first-order chi connectivity index (χ1) is 10.6. The van der Waals surface area contributed by atoms with Crippen LogP contribution in [-0.4, -0.2) is 18.9 Å². The van der Waals surface area contributed by atoms with E-state index >= 15 is 0 Å². The van der Waals surface area contributed by atoms with E-state index in [9.17, 15) is 4.79 Å². The third-order valence-corrected chi connectivity index (χ3v) is 5.16. The van der Waals surface area contributed by atoms with Gasteiger partial charge in [0, 0.05) is 18.2 Å². The van der Waals surface area contributed by atoms with Crippen LogP contribution in [0.3, 0.4) is 0 Å². The number of para-hydroxylation sites is 1. The third-order valence-electron chi connectivity index (χ3n) is 5.16. The van der Waals surface area contributed by atoms with Crippen LogP contribution in [0.1, 0.15) is 16.7 Å². The van der Waals surface area contributed by atoms with Gasteiger partial charge in [-0.3, -0.25) is 4.79 Å². The summed E-state index contributed by atoms with van der Waals surface area (Å²) in [4.78, 5) is 12.5. The molecule has 5 rings (SSSR count). The number of rotatable bonds is 1. The molecular formula is C18H14O4. The van der Waals surface area contributed by atoms with Crippen molar-refractivity contribution in [1.29, 1.82) is 0 Å². The lowest BCUT2D eigenvalue weighted by Crippen LogP contribution is -2.27. The Balaban J connectivity index is 1.88. The number of fused-ring (bicyclic) bond motifs is 3. The molecule has 0 N–H and O–H groups in total. The van der Waals surface area contributed by atoms with Gasteiger partial charge in [0.05, 0.1) is 0 Å². The Morgan fingerprint density at radius 3 is 2.73 bits per heavy atom. The van der Waals surface area contributed by atoms with Gasteiger partial charge in [0.2, 0.25) is 5.79 Å². The van der Waals surface area contributed by atoms with Gasteiger partial charge < -0.3 is 14.2 Å². The Hall–Kier alpha value is -2.33. The maximum atomic E-state index is 12.5. The molecule has 2 aliphatic heterocycles. The average molecular weight is 294 g/mol. The fourth-order valence-corrected chi connectivity index (χ4v) is 4.30. The number of carbonyl (C=O) groups is 1. The lowest BCUT2D eigenvalue weighted by atomic mass is 9.83. The summed E-state index contributed by atoms with van der Waals surface area (Å²) in [7, 11) is 1.59. The molecule has 3 atom stereocenters. The number of esters is 1. The van der Waals surface area contributed by atoms with Crippen LogP contribution in [0.5, 0.6) is 11.5 Å². The predicted molar refractivity (Wildman–Crippen MR) is 77.9 cm³/mol. The van der Waals surface area contributed by atoms with E-state index in [1.54, 1.807) is 7.11 Å². The average Bonchev–Trinajstić information content (AvgIpc) is 3.05. The van der Waals surface area contributed by atoms with Gasteiger partial charge >= 0.3 is 5.97 Å². The minimum Gasteiger partial charge on any atom is -0.460 e. The molecule has 0 amide bonds. The Kier molecular flexibility index (Phi) is 1.96. The maximum Gasteiger partial charge on any atom is 0.322 e. The molecule has 4 nitrogen and oxygen atoms in total. The first-order valence-electron chi connectivity index (χ1n) is 7.31. The van der Waals surface area contributed by atoms with Crippen molar-refractivity contribution < 1.29 is 19.0 Å². The highest BCUT2D eigenvalue weighted by Crippen LogP contribution is 2.76. The standard InChI is InChI=1S/C18H14O4/c1-10-7-8-14-12(9-10)17-11-5-3-4-6-13(11)21-16(19)15(17)18(17,20-2)22-14/h3-9,15H,1-2H3/t15-,17+,18-/m1/s1. The summed E-state index contributed by atoms with van der Waals surface area (Å²) in [6.45, 7) is 2.04. The summed E-state index contributed by atoms with van der Waals surface area (Å²) in [5.41, 5.74) is 2.52. The molecule has 2 heterocycles. The van der Waals surface area contributed by atoms with E-state index in [0.29, 0.717) is 5.75 Å². The molecule has 0 saturated heterocycles. The van der Waals surface area contributed by atoms with Crippen LogP contribution in [-0.2, 0) is 14.9 Å². The summed E-state index contributed by atoms with van der Waals surface area (Å²) < 4.78 is 17.3. The second-order valence-corrected chi connectivity index (χ2v) is 6.13. The largest absolute Gasteiger partial charge is 0.460 e. The second-order valence-electron chi connectivity index (χ2n) is 6.13. The van der Waals surface area contributed by atoms with Gasteiger partial charge in [-0.05, 0) is 19.1 Å². The highest BCUT2D eigenvalue weighted by atomic mass is 16.7. The number of aryl methyl sites for hydroxylation is 1. The van der Waals surface area contributed by atoms with E-state index in [-0.39, 0.29) is 5.97 Å². The molecule has 1 aliphatic carbocycles. The lowest BCUT2D eigenvalue weighted by molar-refractivity contribution is -0.145. The van der Waals surface area contributed by atoms with Gasteiger partial charge in [0.1, 0.15) is 22.8 Å². The van der Waals surface area contributed by atoms with Crippen LogP contribution in [0.4, 0.5) is 0 Å². The van der Waals surface area contributed by atoms with Gasteiger partial charge in [0.25, 0.3) is 0 Å². The smallest absolute Gasteiger partial charge is 0.322 e. The fraction of sp³-hybridized carbons (Fsp3) is 0.278. The van der Waals surface area contributed by atoms with Crippen molar-refractivity contribution in [3.05, 3.63) is 59.2 Å². The highest BCUT2D eigenvalue weighted by Gasteiger charge is 2.91. The van der Waals surface area contributed by atoms with Gasteiger partial charge in [0.15, 0.2) is 0 Å². The molecule has 0 unspecified atom stereocenters. The summed E-state index contributed by atoms with van der Waals surface area (Å²) in [5, 5.41) is 0. The first-order valence-corrected chi connectivity index (χ1v) is 7.31. The fourth-order valence-electron chi connectivity index (χ4n) is 4.30. The topological polar surface area (TPSA) is 44.8 Å². The molecule has 1 saturated carbocycles. The molecule has 0 radical (unpaired) electrons. The van der Waals surface area contributed by atoms with Gasteiger partial charge in [-0.15, -0.1) is 0 Å². The van der Waals surface area contributed by atoms with Crippen molar-refractivity contribution in [3.8, 4) is 11.5 Å². The van der Waals surface area contributed by atoms with Gasteiger partial charge in [-0.1, -0.05) is 35.9 Å². The Morgan fingerprint density at radius 2 is 1.91 bits per heavy atom. The van der Waals surface area contributed by atoms with E-state index in [4.69, 9.17) is 14.2 Å². The number of carbonyl (C=O) groups excluding carboxylic acids is 1. The number of ether oxygens (including phenoxy) is 3. The maximum absolute atomic E-state index is 12.5. The molecule has 0 aromatic heterocycles. The molecule has 22 heavy (non-hydrogen) atoms. The van der Waals surface area contributed by atoms with Crippen molar-refractivity contribution in [2.24, 2.45) is 5.92 Å². The van der Waals surface area contributed by atoms with Crippen molar-refractivity contribution in [2.45, 2.75) is 18.1 Å². The zero-order valence-corrected chi connectivity index (χ0v) is 12.3. The zero-order chi connectivity index (χ0) is 15.1. The number of benzene rings is 2. The summed E-state index contributed by atoms with van der Waals surface area (Å²) in [5.74, 6) is -0.331. The molecule has 1 fully saturated rings. The molecule has 0 bridgehead atoms. The van der Waals surface area contributed by atoms with E-state index < -0.39 is 17.1 Å². The molecule has 2 aromatic rings. The number of hydrogen-bond donors (Lipinski definition) is 0. The molecule has 4 heteroatoms. The Labute approximate surface area is 127 Å².